The Kier molecular flexibility index (Phi) is 6.71. The zero-order chi connectivity index (χ0) is 24.7. The molecule has 5 rings (SSSR count). The standard InChI is InChI=1S/C29H24N4O3/c1-35-27-18-22(16-17-26(27)36-20-21-10-4-2-5-11-21)19-30-32-29-31-28(34)24-14-8-9-15-25(24)33(29)23-12-6-3-7-13-23/h2-19H,20H2,1H3,(H,31,32,34)/b30-19-. The van der Waals surface area contributed by atoms with Gasteiger partial charge in [0.05, 0.1) is 24.2 Å². The van der Waals surface area contributed by atoms with Gasteiger partial charge in [-0.1, -0.05) is 60.7 Å². The van der Waals surface area contributed by atoms with E-state index in [1.807, 2.05) is 102 Å². The fourth-order valence-electron chi connectivity index (χ4n) is 3.87. The van der Waals surface area contributed by atoms with Crippen LogP contribution >= 0.6 is 0 Å². The molecule has 178 valence electrons. The fourth-order valence-corrected chi connectivity index (χ4v) is 3.87. The lowest BCUT2D eigenvalue weighted by Crippen LogP contribution is -2.16. The summed E-state index contributed by atoms with van der Waals surface area (Å²) in [6.45, 7) is 0.441. The van der Waals surface area contributed by atoms with Gasteiger partial charge in [0.15, 0.2) is 11.5 Å². The second-order valence-electron chi connectivity index (χ2n) is 7.98. The third-order valence-corrected chi connectivity index (χ3v) is 5.61. The van der Waals surface area contributed by atoms with Crippen molar-refractivity contribution in [1.29, 1.82) is 0 Å². The summed E-state index contributed by atoms with van der Waals surface area (Å²) in [6, 6.07) is 32.6. The van der Waals surface area contributed by atoms with Gasteiger partial charge in [-0.15, -0.1) is 0 Å². The van der Waals surface area contributed by atoms with E-state index < -0.39 is 0 Å². The Bertz CT molecular complexity index is 1560. The Hall–Kier alpha value is -4.91. The van der Waals surface area contributed by atoms with E-state index in [1.54, 1.807) is 19.4 Å². The van der Waals surface area contributed by atoms with Crippen LogP contribution in [0.3, 0.4) is 0 Å². The summed E-state index contributed by atoms with van der Waals surface area (Å²) < 4.78 is 13.3. The number of hydrogen-bond acceptors (Lipinski definition) is 6. The molecule has 0 atom stereocenters. The molecule has 0 saturated carbocycles. The molecule has 4 aromatic carbocycles. The number of nitrogens with zero attached hydrogens (tertiary/aromatic N) is 3. The Labute approximate surface area is 208 Å². The van der Waals surface area contributed by atoms with Crippen LogP contribution in [0.5, 0.6) is 11.5 Å². The number of nitrogens with one attached hydrogen (secondary N) is 1. The lowest BCUT2D eigenvalue weighted by atomic mass is 10.2. The maximum atomic E-state index is 12.7. The number of ether oxygens (including phenoxy) is 2. The number of fused-ring (bicyclic) bond motifs is 1. The summed E-state index contributed by atoms with van der Waals surface area (Å²) in [5, 5.41) is 4.88. The van der Waals surface area contributed by atoms with E-state index in [-0.39, 0.29) is 5.56 Å². The first-order chi connectivity index (χ1) is 17.7. The van der Waals surface area contributed by atoms with E-state index >= 15 is 0 Å². The van der Waals surface area contributed by atoms with E-state index in [9.17, 15) is 4.79 Å². The number of benzene rings is 4. The van der Waals surface area contributed by atoms with Crippen LogP contribution in [0, 0.1) is 0 Å². The molecule has 1 heterocycles. The monoisotopic (exact) mass is 476 g/mol. The third kappa shape index (κ3) is 4.95. The van der Waals surface area contributed by atoms with Gasteiger partial charge in [0.2, 0.25) is 5.95 Å². The molecule has 0 amide bonds. The zero-order valence-corrected chi connectivity index (χ0v) is 19.7. The Morgan fingerprint density at radius 1 is 0.889 bits per heavy atom. The predicted octanol–water partition coefficient (Wildman–Crippen LogP) is 5.42. The quantitative estimate of drug-likeness (QED) is 0.239. The molecule has 5 aromatic rings. The third-order valence-electron chi connectivity index (χ3n) is 5.61. The number of para-hydroxylation sites is 2. The molecule has 7 nitrogen and oxygen atoms in total. The van der Waals surface area contributed by atoms with Crippen molar-refractivity contribution >= 4 is 23.1 Å². The molecule has 0 bridgehead atoms. The van der Waals surface area contributed by atoms with Gasteiger partial charge in [0.1, 0.15) is 6.61 Å². The van der Waals surface area contributed by atoms with Gasteiger partial charge in [-0.25, -0.2) is 5.43 Å². The maximum Gasteiger partial charge on any atom is 0.282 e. The molecular formula is C29H24N4O3. The van der Waals surface area contributed by atoms with Gasteiger partial charge in [-0.3, -0.25) is 9.36 Å². The minimum absolute atomic E-state index is 0.316. The summed E-state index contributed by atoms with van der Waals surface area (Å²) in [4.78, 5) is 16.9. The number of rotatable bonds is 8. The zero-order valence-electron chi connectivity index (χ0n) is 19.7. The first kappa shape index (κ1) is 22.9. The number of methoxy groups -OCH3 is 1. The van der Waals surface area contributed by atoms with E-state index in [1.165, 1.54) is 0 Å². The molecule has 7 heteroatoms. The number of aromatic nitrogens is 2. The van der Waals surface area contributed by atoms with E-state index in [0.29, 0.717) is 29.4 Å². The maximum absolute atomic E-state index is 12.7. The van der Waals surface area contributed by atoms with Gasteiger partial charge >= 0.3 is 0 Å². The van der Waals surface area contributed by atoms with Crippen LogP contribution in [0.2, 0.25) is 0 Å². The SMILES string of the molecule is COc1cc(/C=N\Nc2nc(=O)c3ccccc3n2-c2ccccc2)ccc1OCc1ccccc1. The summed E-state index contributed by atoms with van der Waals surface area (Å²) in [7, 11) is 1.60. The molecule has 36 heavy (non-hydrogen) atoms. The van der Waals surface area contributed by atoms with Crippen molar-refractivity contribution < 1.29 is 9.47 Å². The number of hydrogen-bond donors (Lipinski definition) is 1. The van der Waals surface area contributed by atoms with Crippen molar-refractivity contribution in [2.45, 2.75) is 6.61 Å². The lowest BCUT2D eigenvalue weighted by Gasteiger charge is -2.15. The molecule has 0 spiro atoms. The minimum Gasteiger partial charge on any atom is -0.493 e. The van der Waals surface area contributed by atoms with Crippen LogP contribution in [-0.4, -0.2) is 22.9 Å². The van der Waals surface area contributed by atoms with E-state index in [2.05, 4.69) is 15.5 Å². The van der Waals surface area contributed by atoms with Gasteiger partial charge in [-0.2, -0.15) is 10.1 Å². The van der Waals surface area contributed by atoms with Crippen LogP contribution in [0.1, 0.15) is 11.1 Å². The normalized spacial score (nSPS) is 11.0. The van der Waals surface area contributed by atoms with Gasteiger partial charge in [0.25, 0.3) is 5.56 Å². The fraction of sp³-hybridized carbons (Fsp3) is 0.0690. The van der Waals surface area contributed by atoms with Crippen molar-refractivity contribution in [1.82, 2.24) is 9.55 Å². The molecule has 0 aliphatic rings. The van der Waals surface area contributed by atoms with Crippen LogP contribution < -0.4 is 20.5 Å². The lowest BCUT2D eigenvalue weighted by molar-refractivity contribution is 0.284. The topological polar surface area (TPSA) is 77.7 Å². The Morgan fingerprint density at radius 3 is 2.39 bits per heavy atom. The Morgan fingerprint density at radius 2 is 1.61 bits per heavy atom. The Balaban J connectivity index is 1.40. The molecule has 1 aromatic heterocycles. The van der Waals surface area contributed by atoms with Crippen LogP contribution in [0.25, 0.3) is 16.6 Å². The molecule has 0 radical (unpaired) electrons. The molecular weight excluding hydrogens is 452 g/mol. The summed E-state index contributed by atoms with van der Waals surface area (Å²) in [5.74, 6) is 1.55. The average molecular weight is 477 g/mol. The number of hydrazone groups is 1. The van der Waals surface area contributed by atoms with Gasteiger partial charge < -0.3 is 9.47 Å². The largest absolute Gasteiger partial charge is 0.493 e. The summed E-state index contributed by atoms with van der Waals surface area (Å²) in [5.41, 5.74) is 6.08. The van der Waals surface area contributed by atoms with Crippen LogP contribution in [0.4, 0.5) is 5.95 Å². The predicted molar refractivity (Wildman–Crippen MR) is 142 cm³/mol. The summed E-state index contributed by atoms with van der Waals surface area (Å²) >= 11 is 0. The molecule has 1 N–H and O–H groups in total. The number of anilines is 1. The van der Waals surface area contributed by atoms with Crippen molar-refractivity contribution in [3.8, 4) is 17.2 Å². The van der Waals surface area contributed by atoms with Crippen molar-refractivity contribution in [3.05, 3.63) is 125 Å². The van der Waals surface area contributed by atoms with Crippen molar-refractivity contribution in [2.75, 3.05) is 12.5 Å². The molecule has 0 aliphatic heterocycles. The van der Waals surface area contributed by atoms with Gasteiger partial charge in [-0.05, 0) is 53.6 Å². The molecule has 0 fully saturated rings. The average Bonchev–Trinajstić information content (AvgIpc) is 2.93. The highest BCUT2D eigenvalue weighted by Crippen LogP contribution is 2.28. The van der Waals surface area contributed by atoms with Crippen molar-refractivity contribution in [2.24, 2.45) is 5.10 Å². The van der Waals surface area contributed by atoms with Gasteiger partial charge in [0, 0.05) is 5.69 Å². The molecule has 0 aliphatic carbocycles. The van der Waals surface area contributed by atoms with E-state index in [0.717, 1.165) is 22.3 Å². The van der Waals surface area contributed by atoms with Crippen LogP contribution in [-0.2, 0) is 6.61 Å². The van der Waals surface area contributed by atoms with Crippen molar-refractivity contribution in [3.63, 3.8) is 0 Å². The second kappa shape index (κ2) is 10.6. The highest BCUT2D eigenvalue weighted by Gasteiger charge is 2.12. The summed E-state index contributed by atoms with van der Waals surface area (Å²) in [6.07, 6.45) is 1.64. The van der Waals surface area contributed by atoms with E-state index in [4.69, 9.17) is 9.47 Å². The first-order valence-corrected chi connectivity index (χ1v) is 11.4. The minimum atomic E-state index is -0.322. The molecule has 0 unspecified atom stereocenters. The smallest absolute Gasteiger partial charge is 0.282 e. The first-order valence-electron chi connectivity index (χ1n) is 11.4. The molecule has 0 saturated heterocycles. The highest BCUT2D eigenvalue weighted by atomic mass is 16.5. The second-order valence-corrected chi connectivity index (χ2v) is 7.98. The highest BCUT2D eigenvalue weighted by molar-refractivity contribution is 5.83. The van der Waals surface area contributed by atoms with Crippen LogP contribution in [0.15, 0.2) is 113 Å².